The van der Waals surface area contributed by atoms with Crippen LogP contribution in [-0.4, -0.2) is 49.8 Å². The lowest BCUT2D eigenvalue weighted by atomic mass is 10.0. The van der Waals surface area contributed by atoms with E-state index in [4.69, 9.17) is 9.72 Å². The monoisotopic (exact) mass is 430 g/mol. The summed E-state index contributed by atoms with van der Waals surface area (Å²) in [7, 11) is 1.64. The van der Waals surface area contributed by atoms with Crippen molar-refractivity contribution in [1.82, 2.24) is 15.6 Å². The van der Waals surface area contributed by atoms with Crippen molar-refractivity contribution in [1.29, 1.82) is 0 Å². The average molecular weight is 431 g/mol. The van der Waals surface area contributed by atoms with Gasteiger partial charge in [0.1, 0.15) is 11.9 Å². The van der Waals surface area contributed by atoms with Crippen LogP contribution in [-0.2, 0) is 4.74 Å². The van der Waals surface area contributed by atoms with Gasteiger partial charge in [-0.2, -0.15) is 0 Å². The van der Waals surface area contributed by atoms with Crippen molar-refractivity contribution in [3.63, 3.8) is 0 Å². The molecule has 0 spiro atoms. The molecule has 7 nitrogen and oxygen atoms in total. The minimum absolute atomic E-state index is 0.0590. The van der Waals surface area contributed by atoms with E-state index >= 15 is 0 Å². The van der Waals surface area contributed by atoms with Crippen LogP contribution in [0.3, 0.4) is 0 Å². The third kappa shape index (κ3) is 4.53. The highest BCUT2D eigenvalue weighted by atomic mass is 32.1. The highest BCUT2D eigenvalue weighted by Gasteiger charge is 2.26. The molecule has 1 saturated carbocycles. The maximum absolute atomic E-state index is 12.3. The number of nitrogens with one attached hydrogen (secondary N) is 2. The Bertz CT molecular complexity index is 930. The highest BCUT2D eigenvalue weighted by Crippen LogP contribution is 2.35. The fraction of sp³-hybridized carbons (Fsp3) is 0.591. The number of nitrogens with zero attached hydrogens (tertiary/aromatic N) is 2. The van der Waals surface area contributed by atoms with Crippen LogP contribution in [0.4, 0.5) is 10.6 Å². The number of ether oxygens (including phenoxy) is 1. The molecule has 2 N–H and O–H groups in total. The molecular formula is C22H30N4O3S. The molecule has 2 aromatic rings. The molecule has 30 heavy (non-hydrogen) atoms. The summed E-state index contributed by atoms with van der Waals surface area (Å²) in [6.45, 7) is 6.61. The maximum Gasteiger partial charge on any atom is 0.407 e. The standard InChI is InChI=1S/C22H30N4O3S/c1-13(2)16-10-18(25-19-17(21(27)23-3)12-30-20(16)19)26-8-6-15(7-9-26)29-22(28)24-11-14-4-5-14/h10,12-15H,4-9,11H2,1-3H3,(H,23,27)(H,24,28). The number of alkyl carbamates (subject to hydrolysis) is 1. The fourth-order valence-electron chi connectivity index (χ4n) is 3.85. The summed E-state index contributed by atoms with van der Waals surface area (Å²) in [4.78, 5) is 31.4. The topological polar surface area (TPSA) is 83.6 Å². The van der Waals surface area contributed by atoms with Gasteiger partial charge < -0.3 is 20.3 Å². The lowest BCUT2D eigenvalue weighted by Crippen LogP contribution is -2.40. The first-order valence-electron chi connectivity index (χ1n) is 10.8. The molecular weight excluding hydrogens is 400 g/mol. The third-order valence-electron chi connectivity index (χ3n) is 5.90. The molecule has 2 aliphatic rings. The van der Waals surface area contributed by atoms with Gasteiger partial charge in [-0.05, 0) is 36.3 Å². The molecule has 2 amide bonds. The summed E-state index contributed by atoms with van der Waals surface area (Å²) in [5, 5.41) is 7.48. The number of anilines is 1. The van der Waals surface area contributed by atoms with Crippen molar-refractivity contribution in [2.24, 2.45) is 5.92 Å². The van der Waals surface area contributed by atoms with Gasteiger partial charge in [0.2, 0.25) is 0 Å². The molecule has 1 saturated heterocycles. The normalized spacial score (nSPS) is 17.4. The van der Waals surface area contributed by atoms with Crippen molar-refractivity contribution >= 4 is 39.4 Å². The number of carbonyl (C=O) groups is 2. The van der Waals surface area contributed by atoms with E-state index in [1.54, 1.807) is 18.4 Å². The third-order valence-corrected chi connectivity index (χ3v) is 6.92. The average Bonchev–Trinajstić information content (AvgIpc) is 3.48. The number of hydrogen-bond acceptors (Lipinski definition) is 6. The zero-order chi connectivity index (χ0) is 21.3. The van der Waals surface area contributed by atoms with Crippen molar-refractivity contribution < 1.29 is 14.3 Å². The Morgan fingerprint density at radius 1 is 1.27 bits per heavy atom. The van der Waals surface area contributed by atoms with Crippen molar-refractivity contribution in [3.05, 3.63) is 22.6 Å². The predicted octanol–water partition coefficient (Wildman–Crippen LogP) is 3.88. The van der Waals surface area contributed by atoms with Crippen LogP contribution in [0.1, 0.15) is 61.4 Å². The number of aromatic nitrogens is 1. The van der Waals surface area contributed by atoms with E-state index in [0.29, 0.717) is 17.4 Å². The van der Waals surface area contributed by atoms with Crippen LogP contribution in [0.2, 0.25) is 0 Å². The Labute approximate surface area is 181 Å². The molecule has 0 unspecified atom stereocenters. The number of fused-ring (bicyclic) bond motifs is 1. The lowest BCUT2D eigenvalue weighted by Gasteiger charge is -2.33. The first-order chi connectivity index (χ1) is 14.5. The summed E-state index contributed by atoms with van der Waals surface area (Å²) in [5.41, 5.74) is 2.62. The van der Waals surface area contributed by atoms with Gasteiger partial charge in [0.05, 0.1) is 15.8 Å². The summed E-state index contributed by atoms with van der Waals surface area (Å²) >= 11 is 1.58. The number of carbonyl (C=O) groups excluding carboxylic acids is 2. The molecule has 2 aromatic heterocycles. The largest absolute Gasteiger partial charge is 0.446 e. The molecule has 162 valence electrons. The molecule has 1 aliphatic carbocycles. The molecule has 0 aromatic carbocycles. The van der Waals surface area contributed by atoms with Gasteiger partial charge in [-0.3, -0.25) is 4.79 Å². The van der Waals surface area contributed by atoms with Crippen LogP contribution >= 0.6 is 11.3 Å². The Hall–Kier alpha value is -2.35. The van der Waals surface area contributed by atoms with E-state index in [1.165, 1.54) is 18.4 Å². The quantitative estimate of drug-likeness (QED) is 0.727. The van der Waals surface area contributed by atoms with Gasteiger partial charge >= 0.3 is 6.09 Å². The summed E-state index contributed by atoms with van der Waals surface area (Å²) in [5.74, 6) is 1.77. The molecule has 0 bridgehead atoms. The van der Waals surface area contributed by atoms with Crippen LogP contribution in [0.15, 0.2) is 11.4 Å². The molecule has 4 rings (SSSR count). The van der Waals surface area contributed by atoms with Crippen molar-refractivity contribution in [2.75, 3.05) is 31.6 Å². The highest BCUT2D eigenvalue weighted by molar-refractivity contribution is 7.17. The van der Waals surface area contributed by atoms with Gasteiger partial charge in [-0.25, -0.2) is 9.78 Å². The Kier molecular flexibility index (Phi) is 6.13. The second kappa shape index (κ2) is 8.79. The summed E-state index contributed by atoms with van der Waals surface area (Å²) in [6.07, 6.45) is 3.62. The first kappa shape index (κ1) is 20.9. The van der Waals surface area contributed by atoms with Gasteiger partial charge in [0, 0.05) is 44.9 Å². The van der Waals surface area contributed by atoms with E-state index in [-0.39, 0.29) is 18.1 Å². The molecule has 0 radical (unpaired) electrons. The van der Waals surface area contributed by atoms with Crippen molar-refractivity contribution in [2.45, 2.75) is 51.6 Å². The molecule has 3 heterocycles. The number of pyridine rings is 1. The van der Waals surface area contributed by atoms with E-state index in [1.807, 2.05) is 5.38 Å². The summed E-state index contributed by atoms with van der Waals surface area (Å²) < 4.78 is 6.67. The molecule has 0 atom stereocenters. The van der Waals surface area contributed by atoms with Gasteiger partial charge in [0.15, 0.2) is 0 Å². The maximum atomic E-state index is 12.3. The van der Waals surface area contributed by atoms with Crippen LogP contribution in [0.5, 0.6) is 0 Å². The SMILES string of the molecule is CNC(=O)c1csc2c(C(C)C)cc(N3CCC(OC(=O)NCC4CC4)CC3)nc12. The van der Waals surface area contributed by atoms with Gasteiger partial charge in [-0.1, -0.05) is 13.8 Å². The number of hydrogen-bond donors (Lipinski definition) is 2. The van der Waals surface area contributed by atoms with Crippen molar-refractivity contribution in [3.8, 4) is 0 Å². The number of amides is 2. The zero-order valence-corrected chi connectivity index (χ0v) is 18.7. The lowest BCUT2D eigenvalue weighted by molar-refractivity contribution is 0.0829. The Morgan fingerprint density at radius 3 is 2.63 bits per heavy atom. The van der Waals surface area contributed by atoms with E-state index in [9.17, 15) is 9.59 Å². The van der Waals surface area contributed by atoms with E-state index < -0.39 is 0 Å². The van der Waals surface area contributed by atoms with E-state index in [2.05, 4.69) is 35.4 Å². The second-order valence-electron chi connectivity index (χ2n) is 8.55. The number of piperidine rings is 1. The molecule has 1 aliphatic heterocycles. The van der Waals surface area contributed by atoms with Crippen LogP contribution < -0.4 is 15.5 Å². The number of thiophene rings is 1. The number of rotatable bonds is 6. The minimum atomic E-state index is -0.296. The van der Waals surface area contributed by atoms with E-state index in [0.717, 1.165) is 48.5 Å². The summed E-state index contributed by atoms with van der Waals surface area (Å²) in [6, 6.07) is 2.15. The smallest absolute Gasteiger partial charge is 0.407 e. The zero-order valence-electron chi connectivity index (χ0n) is 17.9. The first-order valence-corrected chi connectivity index (χ1v) is 11.7. The van der Waals surface area contributed by atoms with Gasteiger partial charge in [0.25, 0.3) is 5.91 Å². The van der Waals surface area contributed by atoms with Gasteiger partial charge in [-0.15, -0.1) is 11.3 Å². The molecule has 8 heteroatoms. The second-order valence-corrected chi connectivity index (χ2v) is 9.43. The van der Waals surface area contributed by atoms with Crippen LogP contribution in [0.25, 0.3) is 10.2 Å². The molecule has 2 fully saturated rings. The Balaban J connectivity index is 1.46. The van der Waals surface area contributed by atoms with Crippen LogP contribution in [0, 0.1) is 5.92 Å². The predicted molar refractivity (Wildman–Crippen MR) is 120 cm³/mol. The minimum Gasteiger partial charge on any atom is -0.446 e. The Morgan fingerprint density at radius 2 is 2.00 bits per heavy atom. The fourth-order valence-corrected chi connectivity index (χ4v) is 5.00.